The lowest BCUT2D eigenvalue weighted by Gasteiger charge is -2.45. The van der Waals surface area contributed by atoms with Gasteiger partial charge in [0, 0.05) is 12.8 Å². The van der Waals surface area contributed by atoms with Gasteiger partial charge in [0.05, 0.1) is 11.7 Å². The molecule has 4 heteroatoms. The molecular formula is C18H38O4. The highest BCUT2D eigenvalue weighted by Gasteiger charge is 2.48. The van der Waals surface area contributed by atoms with Crippen LogP contribution in [0.15, 0.2) is 0 Å². The van der Waals surface area contributed by atoms with Crippen LogP contribution in [0.2, 0.25) is 0 Å². The second kappa shape index (κ2) is 8.62. The number of rotatable bonds is 5. The summed E-state index contributed by atoms with van der Waals surface area (Å²) in [4.78, 5) is 22.4. The van der Waals surface area contributed by atoms with Crippen LogP contribution in [0.1, 0.15) is 88.5 Å². The highest BCUT2D eigenvalue weighted by atomic mass is 17.3. The van der Waals surface area contributed by atoms with Crippen LogP contribution in [-0.2, 0) is 19.6 Å². The first-order chi connectivity index (χ1) is 9.93. The molecule has 22 heavy (non-hydrogen) atoms. The first-order valence-electron chi connectivity index (χ1n) is 8.64. The quantitative estimate of drug-likeness (QED) is 0.372. The summed E-state index contributed by atoms with van der Waals surface area (Å²) in [5.74, 6) is -0.322. The molecule has 4 nitrogen and oxygen atoms in total. The number of hydrogen-bond donors (Lipinski definition) is 0. The van der Waals surface area contributed by atoms with Crippen molar-refractivity contribution in [1.82, 2.24) is 0 Å². The summed E-state index contributed by atoms with van der Waals surface area (Å²) in [7, 11) is 0. The van der Waals surface area contributed by atoms with Crippen molar-refractivity contribution in [3.63, 3.8) is 0 Å². The standard InChI is InChI=1S/C16H32O4.C2H6/c1-12(2)17-19-16(20-18-14(4,5)6)10-13(3)9-15(7,8)11-16;1-2/h12-13H,9-11H2,1-8H3;1-2H3. The first kappa shape index (κ1) is 21.8. The lowest BCUT2D eigenvalue weighted by Crippen LogP contribution is -2.48. The van der Waals surface area contributed by atoms with Crippen molar-refractivity contribution < 1.29 is 19.6 Å². The zero-order valence-corrected chi connectivity index (χ0v) is 16.4. The molecule has 2 unspecified atom stereocenters. The molecule has 0 amide bonds. The maximum atomic E-state index is 5.74. The van der Waals surface area contributed by atoms with E-state index in [1.807, 2.05) is 48.5 Å². The van der Waals surface area contributed by atoms with Crippen molar-refractivity contribution in [1.29, 1.82) is 0 Å². The lowest BCUT2D eigenvalue weighted by molar-refractivity contribution is -0.543. The molecule has 1 aliphatic carbocycles. The molecule has 1 saturated carbocycles. The van der Waals surface area contributed by atoms with Gasteiger partial charge in [-0.15, -0.1) is 0 Å². The Balaban J connectivity index is 0.00000211. The molecule has 0 bridgehead atoms. The number of hydrogen-bond acceptors (Lipinski definition) is 4. The van der Waals surface area contributed by atoms with Crippen molar-refractivity contribution in [2.75, 3.05) is 0 Å². The second-order valence-electron chi connectivity index (χ2n) is 8.27. The first-order valence-corrected chi connectivity index (χ1v) is 8.64. The van der Waals surface area contributed by atoms with Gasteiger partial charge in [-0.3, -0.25) is 0 Å². The van der Waals surface area contributed by atoms with E-state index in [9.17, 15) is 0 Å². The van der Waals surface area contributed by atoms with Crippen LogP contribution in [0.4, 0.5) is 0 Å². The van der Waals surface area contributed by atoms with Crippen molar-refractivity contribution in [2.24, 2.45) is 11.3 Å². The topological polar surface area (TPSA) is 36.9 Å². The second-order valence-corrected chi connectivity index (χ2v) is 8.27. The summed E-state index contributed by atoms with van der Waals surface area (Å²) in [5.41, 5.74) is -0.238. The minimum Gasteiger partial charge on any atom is -0.231 e. The van der Waals surface area contributed by atoms with Gasteiger partial charge in [0.1, 0.15) is 0 Å². The van der Waals surface area contributed by atoms with Crippen molar-refractivity contribution in [2.45, 2.75) is 106 Å². The average molecular weight is 318 g/mol. The van der Waals surface area contributed by atoms with E-state index in [2.05, 4.69) is 20.8 Å². The molecule has 1 rings (SSSR count). The Morgan fingerprint density at radius 3 is 1.95 bits per heavy atom. The van der Waals surface area contributed by atoms with Gasteiger partial charge >= 0.3 is 0 Å². The summed E-state index contributed by atoms with van der Waals surface area (Å²) in [5, 5.41) is 0. The highest BCUT2D eigenvalue weighted by molar-refractivity contribution is 4.88. The molecule has 0 N–H and O–H groups in total. The van der Waals surface area contributed by atoms with Crippen molar-refractivity contribution >= 4 is 0 Å². The van der Waals surface area contributed by atoms with Crippen molar-refractivity contribution in [3.05, 3.63) is 0 Å². The third-order valence-electron chi connectivity index (χ3n) is 3.14. The fraction of sp³-hybridized carbons (Fsp3) is 1.00. The molecular weight excluding hydrogens is 280 g/mol. The molecule has 0 aromatic rings. The molecule has 134 valence electrons. The minimum absolute atomic E-state index is 0.00884. The molecule has 0 aliphatic heterocycles. The summed E-state index contributed by atoms with van der Waals surface area (Å²) in [6.07, 6.45) is 2.68. The Bertz CT molecular complexity index is 307. The third-order valence-corrected chi connectivity index (χ3v) is 3.14. The lowest BCUT2D eigenvalue weighted by atomic mass is 9.70. The largest absolute Gasteiger partial charge is 0.234 e. The van der Waals surface area contributed by atoms with Crippen LogP contribution < -0.4 is 0 Å². The van der Waals surface area contributed by atoms with E-state index < -0.39 is 5.79 Å². The molecule has 0 aromatic carbocycles. The van der Waals surface area contributed by atoms with Gasteiger partial charge < -0.3 is 0 Å². The van der Waals surface area contributed by atoms with E-state index >= 15 is 0 Å². The molecule has 1 fully saturated rings. The Kier molecular flexibility index (Phi) is 8.56. The maximum absolute atomic E-state index is 5.74. The van der Waals surface area contributed by atoms with Gasteiger partial charge in [-0.1, -0.05) is 34.6 Å². The molecule has 0 heterocycles. The Morgan fingerprint density at radius 1 is 1.00 bits per heavy atom. The van der Waals surface area contributed by atoms with E-state index in [1.165, 1.54) is 0 Å². The molecule has 0 radical (unpaired) electrons. The Labute approximate surface area is 137 Å². The van der Waals surface area contributed by atoms with Crippen LogP contribution in [0.25, 0.3) is 0 Å². The van der Waals surface area contributed by atoms with E-state index in [4.69, 9.17) is 19.6 Å². The van der Waals surface area contributed by atoms with Gasteiger partial charge in [0.15, 0.2) is 0 Å². The maximum Gasteiger partial charge on any atom is 0.234 e. The van der Waals surface area contributed by atoms with E-state index in [1.54, 1.807) is 0 Å². The predicted molar refractivity (Wildman–Crippen MR) is 90.1 cm³/mol. The van der Waals surface area contributed by atoms with Crippen LogP contribution in [0.5, 0.6) is 0 Å². The monoisotopic (exact) mass is 318 g/mol. The van der Waals surface area contributed by atoms with E-state index in [0.717, 1.165) is 19.3 Å². The molecule has 2 atom stereocenters. The zero-order chi connectivity index (χ0) is 17.6. The summed E-state index contributed by atoms with van der Waals surface area (Å²) in [6, 6.07) is 0. The zero-order valence-electron chi connectivity index (χ0n) is 16.4. The fourth-order valence-corrected chi connectivity index (χ4v) is 2.95. The van der Waals surface area contributed by atoms with Gasteiger partial charge in [0.2, 0.25) is 5.79 Å². The fourth-order valence-electron chi connectivity index (χ4n) is 2.95. The predicted octanol–water partition coefficient (Wildman–Crippen LogP) is 5.66. The Morgan fingerprint density at radius 2 is 1.55 bits per heavy atom. The molecule has 1 aliphatic rings. The van der Waals surface area contributed by atoms with Crippen LogP contribution in [0, 0.1) is 11.3 Å². The van der Waals surface area contributed by atoms with Gasteiger partial charge in [0.25, 0.3) is 0 Å². The van der Waals surface area contributed by atoms with Crippen LogP contribution in [-0.4, -0.2) is 17.5 Å². The van der Waals surface area contributed by atoms with Gasteiger partial charge in [-0.2, -0.15) is 9.78 Å². The third kappa shape index (κ3) is 8.47. The van der Waals surface area contributed by atoms with Crippen LogP contribution in [0.3, 0.4) is 0 Å². The minimum atomic E-state index is -0.821. The van der Waals surface area contributed by atoms with Crippen molar-refractivity contribution in [3.8, 4) is 0 Å². The van der Waals surface area contributed by atoms with E-state index in [-0.39, 0.29) is 17.1 Å². The molecule has 0 spiro atoms. The summed E-state index contributed by atoms with van der Waals surface area (Å²) < 4.78 is 0. The van der Waals surface area contributed by atoms with Gasteiger partial charge in [-0.25, -0.2) is 9.78 Å². The van der Waals surface area contributed by atoms with Crippen LogP contribution >= 0.6 is 0 Å². The smallest absolute Gasteiger partial charge is 0.231 e. The Hall–Kier alpha value is -0.160. The SMILES string of the molecule is CC.CC1CC(C)(C)CC(OOC(C)C)(OOC(C)(C)C)C1. The normalized spacial score (nSPS) is 28.2. The van der Waals surface area contributed by atoms with E-state index in [0.29, 0.717) is 5.92 Å². The summed E-state index contributed by atoms with van der Waals surface area (Å²) >= 11 is 0. The molecule has 0 aromatic heterocycles. The average Bonchev–Trinajstić information content (AvgIpc) is 2.34. The highest BCUT2D eigenvalue weighted by Crippen LogP contribution is 2.46. The summed E-state index contributed by atoms with van der Waals surface area (Å²) in [6.45, 7) is 20.4. The van der Waals surface area contributed by atoms with Gasteiger partial charge in [-0.05, 0) is 52.4 Å². The molecule has 0 saturated heterocycles.